The van der Waals surface area contributed by atoms with Crippen molar-refractivity contribution in [1.29, 1.82) is 0 Å². The van der Waals surface area contributed by atoms with Crippen molar-refractivity contribution in [3.63, 3.8) is 0 Å². The van der Waals surface area contributed by atoms with E-state index < -0.39 is 0 Å². The molecule has 0 aliphatic heterocycles. The fourth-order valence-electron chi connectivity index (χ4n) is 1.90. The normalized spacial score (nSPS) is 12.7. The van der Waals surface area contributed by atoms with Gasteiger partial charge in [0.1, 0.15) is 0 Å². The van der Waals surface area contributed by atoms with Gasteiger partial charge in [0.05, 0.1) is 0 Å². The SMILES string of the molecule is CCCCCCC(NN)c1cc(Cl)cc(Cl)c1. The largest absolute Gasteiger partial charge is 0.271 e. The number of nitrogens with one attached hydrogen (secondary N) is 1. The van der Waals surface area contributed by atoms with Gasteiger partial charge in [-0.1, -0.05) is 55.8 Å². The summed E-state index contributed by atoms with van der Waals surface area (Å²) in [4.78, 5) is 0. The number of benzene rings is 1. The smallest absolute Gasteiger partial charge is 0.0461 e. The molecule has 0 spiro atoms. The quantitative estimate of drug-likeness (QED) is 0.438. The fourth-order valence-corrected chi connectivity index (χ4v) is 2.44. The van der Waals surface area contributed by atoms with E-state index in [4.69, 9.17) is 29.0 Å². The Labute approximate surface area is 113 Å². The second-order valence-electron chi connectivity index (χ2n) is 4.27. The summed E-state index contributed by atoms with van der Waals surface area (Å²) in [7, 11) is 0. The highest BCUT2D eigenvalue weighted by atomic mass is 35.5. The molecule has 1 atom stereocenters. The maximum atomic E-state index is 5.98. The van der Waals surface area contributed by atoms with Crippen LogP contribution in [0.25, 0.3) is 0 Å². The van der Waals surface area contributed by atoms with Crippen LogP contribution in [0.4, 0.5) is 0 Å². The highest BCUT2D eigenvalue weighted by Gasteiger charge is 2.10. The summed E-state index contributed by atoms with van der Waals surface area (Å²) >= 11 is 12.0. The topological polar surface area (TPSA) is 38.0 Å². The van der Waals surface area contributed by atoms with Crippen LogP contribution in [-0.4, -0.2) is 0 Å². The Morgan fingerprint density at radius 3 is 2.29 bits per heavy atom. The lowest BCUT2D eigenvalue weighted by Crippen LogP contribution is -2.28. The number of unbranched alkanes of at least 4 members (excludes halogenated alkanes) is 3. The Morgan fingerprint density at radius 2 is 1.76 bits per heavy atom. The van der Waals surface area contributed by atoms with Gasteiger partial charge in [0.25, 0.3) is 0 Å². The third-order valence-electron chi connectivity index (χ3n) is 2.83. The first-order valence-electron chi connectivity index (χ1n) is 6.09. The Kier molecular flexibility index (Phi) is 6.90. The van der Waals surface area contributed by atoms with Gasteiger partial charge in [-0.2, -0.15) is 0 Å². The highest BCUT2D eigenvalue weighted by Crippen LogP contribution is 2.26. The molecule has 4 heteroatoms. The summed E-state index contributed by atoms with van der Waals surface area (Å²) < 4.78 is 0. The number of hydrogen-bond acceptors (Lipinski definition) is 2. The van der Waals surface area contributed by atoms with Crippen molar-refractivity contribution < 1.29 is 0 Å². The first kappa shape index (κ1) is 14.8. The van der Waals surface area contributed by atoms with E-state index in [2.05, 4.69) is 12.3 Å². The minimum atomic E-state index is 0.128. The van der Waals surface area contributed by atoms with Crippen molar-refractivity contribution in [2.45, 2.75) is 45.1 Å². The summed E-state index contributed by atoms with van der Waals surface area (Å²) in [6.07, 6.45) is 5.92. The summed E-state index contributed by atoms with van der Waals surface area (Å²) in [5, 5.41) is 1.31. The zero-order valence-corrected chi connectivity index (χ0v) is 11.7. The Balaban J connectivity index is 2.59. The average Bonchev–Trinajstić information content (AvgIpc) is 2.28. The van der Waals surface area contributed by atoms with Gasteiger partial charge >= 0.3 is 0 Å². The van der Waals surface area contributed by atoms with Gasteiger partial charge in [-0.05, 0) is 30.2 Å². The molecule has 0 aliphatic carbocycles. The molecule has 0 radical (unpaired) electrons. The zero-order valence-electron chi connectivity index (χ0n) is 10.2. The first-order valence-corrected chi connectivity index (χ1v) is 6.85. The van der Waals surface area contributed by atoms with E-state index in [9.17, 15) is 0 Å². The van der Waals surface area contributed by atoms with E-state index in [1.165, 1.54) is 19.3 Å². The van der Waals surface area contributed by atoms with Gasteiger partial charge in [0.15, 0.2) is 0 Å². The summed E-state index contributed by atoms with van der Waals surface area (Å²) in [6.45, 7) is 2.20. The number of rotatable bonds is 7. The van der Waals surface area contributed by atoms with Crippen LogP contribution in [0.3, 0.4) is 0 Å². The van der Waals surface area contributed by atoms with E-state index in [1.807, 2.05) is 12.1 Å². The van der Waals surface area contributed by atoms with E-state index in [-0.39, 0.29) is 6.04 Å². The van der Waals surface area contributed by atoms with Gasteiger partial charge in [-0.3, -0.25) is 11.3 Å². The number of halogens is 2. The molecule has 0 bridgehead atoms. The number of hydrazine groups is 1. The monoisotopic (exact) mass is 274 g/mol. The summed E-state index contributed by atoms with van der Waals surface area (Å²) in [5.74, 6) is 5.58. The molecule has 1 aromatic carbocycles. The summed E-state index contributed by atoms with van der Waals surface area (Å²) in [5.41, 5.74) is 3.89. The second-order valence-corrected chi connectivity index (χ2v) is 5.14. The van der Waals surface area contributed by atoms with Crippen LogP contribution in [-0.2, 0) is 0 Å². The molecule has 0 aromatic heterocycles. The molecular weight excluding hydrogens is 255 g/mol. The lowest BCUT2D eigenvalue weighted by atomic mass is 10.0. The van der Waals surface area contributed by atoms with Crippen LogP contribution < -0.4 is 11.3 Å². The van der Waals surface area contributed by atoms with E-state index in [0.717, 1.165) is 18.4 Å². The third kappa shape index (κ3) is 5.26. The number of hydrogen-bond donors (Lipinski definition) is 2. The van der Waals surface area contributed by atoms with Gasteiger partial charge in [-0.15, -0.1) is 0 Å². The molecule has 1 rings (SSSR count). The van der Waals surface area contributed by atoms with Crippen molar-refractivity contribution in [1.82, 2.24) is 5.43 Å². The lowest BCUT2D eigenvalue weighted by Gasteiger charge is -2.16. The van der Waals surface area contributed by atoms with E-state index in [1.54, 1.807) is 6.07 Å². The molecular formula is C13H20Cl2N2. The average molecular weight is 275 g/mol. The molecule has 0 fully saturated rings. The zero-order chi connectivity index (χ0) is 12.7. The van der Waals surface area contributed by atoms with Crippen molar-refractivity contribution in [2.75, 3.05) is 0 Å². The fraction of sp³-hybridized carbons (Fsp3) is 0.538. The minimum absolute atomic E-state index is 0.128. The van der Waals surface area contributed by atoms with Crippen molar-refractivity contribution in [3.8, 4) is 0 Å². The van der Waals surface area contributed by atoms with Crippen LogP contribution in [0.2, 0.25) is 10.0 Å². The molecule has 0 aliphatic rings. The standard InChI is InChI=1S/C13H20Cl2N2/c1-2-3-4-5-6-13(17-16)10-7-11(14)9-12(15)8-10/h7-9,13,17H,2-6,16H2,1H3. The maximum absolute atomic E-state index is 5.98. The lowest BCUT2D eigenvalue weighted by molar-refractivity contribution is 0.482. The van der Waals surface area contributed by atoms with Crippen LogP contribution in [0.1, 0.15) is 50.6 Å². The van der Waals surface area contributed by atoms with Crippen molar-refractivity contribution >= 4 is 23.2 Å². The Morgan fingerprint density at radius 1 is 1.12 bits per heavy atom. The molecule has 0 saturated heterocycles. The molecule has 1 aromatic rings. The molecule has 17 heavy (non-hydrogen) atoms. The Hall–Kier alpha value is -0.280. The highest BCUT2D eigenvalue weighted by molar-refractivity contribution is 6.34. The second kappa shape index (κ2) is 7.93. The van der Waals surface area contributed by atoms with Gasteiger partial charge in [-0.25, -0.2) is 0 Å². The van der Waals surface area contributed by atoms with Gasteiger partial charge in [0.2, 0.25) is 0 Å². The minimum Gasteiger partial charge on any atom is -0.271 e. The van der Waals surface area contributed by atoms with Crippen LogP contribution in [0, 0.1) is 0 Å². The van der Waals surface area contributed by atoms with Crippen LogP contribution in [0.15, 0.2) is 18.2 Å². The predicted octanol–water partition coefficient (Wildman–Crippen LogP) is 4.47. The number of nitrogens with two attached hydrogens (primary N) is 1. The molecule has 0 saturated carbocycles. The third-order valence-corrected chi connectivity index (χ3v) is 3.27. The molecule has 96 valence electrons. The Bertz CT molecular complexity index is 322. The molecule has 0 amide bonds. The van der Waals surface area contributed by atoms with E-state index >= 15 is 0 Å². The summed E-state index contributed by atoms with van der Waals surface area (Å²) in [6, 6.07) is 5.69. The van der Waals surface area contributed by atoms with Gasteiger partial charge in [0, 0.05) is 16.1 Å². The van der Waals surface area contributed by atoms with Crippen molar-refractivity contribution in [2.24, 2.45) is 5.84 Å². The first-order chi connectivity index (χ1) is 8.17. The van der Waals surface area contributed by atoms with Gasteiger partial charge < -0.3 is 0 Å². The van der Waals surface area contributed by atoms with E-state index in [0.29, 0.717) is 10.0 Å². The molecule has 3 N–H and O–H groups in total. The van der Waals surface area contributed by atoms with Crippen LogP contribution in [0.5, 0.6) is 0 Å². The molecule has 1 unspecified atom stereocenters. The maximum Gasteiger partial charge on any atom is 0.0461 e. The van der Waals surface area contributed by atoms with Crippen molar-refractivity contribution in [3.05, 3.63) is 33.8 Å². The predicted molar refractivity (Wildman–Crippen MR) is 75.3 cm³/mol. The van der Waals surface area contributed by atoms with Crippen LogP contribution >= 0.6 is 23.2 Å². The molecule has 2 nitrogen and oxygen atoms in total. The molecule has 0 heterocycles.